The lowest BCUT2D eigenvalue weighted by Crippen LogP contribution is -2.31. The Hall–Kier alpha value is -3.19. The van der Waals surface area contributed by atoms with Crippen molar-refractivity contribution in [2.24, 2.45) is 0 Å². The van der Waals surface area contributed by atoms with E-state index in [4.69, 9.17) is 9.84 Å². The quantitative estimate of drug-likeness (QED) is 0.756. The van der Waals surface area contributed by atoms with Gasteiger partial charge in [-0.3, -0.25) is 9.78 Å². The molecule has 1 aromatic heterocycles. The van der Waals surface area contributed by atoms with E-state index in [1.54, 1.807) is 6.20 Å². The van der Waals surface area contributed by atoms with Gasteiger partial charge in [-0.25, -0.2) is 4.79 Å². The summed E-state index contributed by atoms with van der Waals surface area (Å²) in [6.45, 7) is 2.10. The van der Waals surface area contributed by atoms with E-state index in [1.807, 2.05) is 43.3 Å². The van der Waals surface area contributed by atoms with Gasteiger partial charge in [-0.05, 0) is 36.8 Å². The first-order chi connectivity index (χ1) is 13.0. The number of nitrogens with zero attached hydrogens (tertiary/aromatic N) is 2. The zero-order chi connectivity index (χ0) is 19.4. The summed E-state index contributed by atoms with van der Waals surface area (Å²) in [6, 6.07) is 11.4. The average Bonchev–Trinajstić information content (AvgIpc) is 2.98. The number of nitrogens with one attached hydrogen (secondary N) is 1. The average molecular weight is 367 g/mol. The SMILES string of the molecule is COC(=O)C1=C(Nc2ccc(-c3cc(C)ccn3)cc2)C(=O)N(CCO)C1. The number of aryl methyl sites for hydroxylation is 1. The van der Waals surface area contributed by atoms with E-state index in [1.165, 1.54) is 12.0 Å². The molecule has 1 amide bonds. The maximum atomic E-state index is 12.5. The molecule has 0 atom stereocenters. The predicted molar refractivity (Wildman–Crippen MR) is 101 cm³/mol. The maximum Gasteiger partial charge on any atom is 0.337 e. The van der Waals surface area contributed by atoms with Crippen LogP contribution in [0.3, 0.4) is 0 Å². The first-order valence-electron chi connectivity index (χ1n) is 8.55. The smallest absolute Gasteiger partial charge is 0.337 e. The summed E-state index contributed by atoms with van der Waals surface area (Å²) < 4.78 is 4.78. The zero-order valence-electron chi connectivity index (χ0n) is 15.2. The molecule has 2 heterocycles. The van der Waals surface area contributed by atoms with Gasteiger partial charge in [0.2, 0.25) is 0 Å². The Morgan fingerprint density at radius 3 is 2.67 bits per heavy atom. The molecule has 0 aliphatic carbocycles. The molecule has 0 saturated heterocycles. The molecule has 1 aliphatic heterocycles. The molecule has 7 heteroatoms. The van der Waals surface area contributed by atoms with Crippen LogP contribution in [0.25, 0.3) is 11.3 Å². The molecule has 0 fully saturated rings. The highest BCUT2D eigenvalue weighted by molar-refractivity contribution is 6.08. The molecule has 7 nitrogen and oxygen atoms in total. The van der Waals surface area contributed by atoms with Crippen molar-refractivity contribution in [3.63, 3.8) is 0 Å². The van der Waals surface area contributed by atoms with Crippen molar-refractivity contribution in [1.29, 1.82) is 0 Å². The zero-order valence-corrected chi connectivity index (χ0v) is 15.2. The number of β-amino-alcohol motifs (C(OH)–C–C–N with tert-alkyl or cyclic N) is 1. The monoisotopic (exact) mass is 367 g/mol. The highest BCUT2D eigenvalue weighted by Gasteiger charge is 2.34. The normalized spacial score (nSPS) is 13.9. The van der Waals surface area contributed by atoms with Crippen molar-refractivity contribution in [2.75, 3.05) is 32.1 Å². The second kappa shape index (κ2) is 8.01. The first-order valence-corrected chi connectivity index (χ1v) is 8.55. The van der Waals surface area contributed by atoms with Crippen molar-refractivity contribution in [1.82, 2.24) is 9.88 Å². The molecule has 0 unspecified atom stereocenters. The summed E-state index contributed by atoms with van der Waals surface area (Å²) in [5, 5.41) is 12.1. The van der Waals surface area contributed by atoms with Crippen molar-refractivity contribution in [3.05, 3.63) is 59.4 Å². The minimum absolute atomic E-state index is 0.111. The third-order valence-corrected chi connectivity index (χ3v) is 4.32. The van der Waals surface area contributed by atoms with Crippen LogP contribution in [0.2, 0.25) is 0 Å². The summed E-state index contributed by atoms with van der Waals surface area (Å²) in [4.78, 5) is 30.3. The molecule has 3 rings (SSSR count). The number of benzene rings is 1. The Morgan fingerprint density at radius 2 is 2.04 bits per heavy atom. The fraction of sp³-hybridized carbons (Fsp3) is 0.250. The number of esters is 1. The number of methoxy groups -OCH3 is 1. The number of anilines is 1. The molecule has 140 valence electrons. The summed E-state index contributed by atoms with van der Waals surface area (Å²) in [6.07, 6.45) is 1.76. The van der Waals surface area contributed by atoms with E-state index in [-0.39, 0.29) is 36.9 Å². The van der Waals surface area contributed by atoms with E-state index >= 15 is 0 Å². The van der Waals surface area contributed by atoms with Crippen LogP contribution >= 0.6 is 0 Å². The van der Waals surface area contributed by atoms with Gasteiger partial charge in [0.15, 0.2) is 0 Å². The highest BCUT2D eigenvalue weighted by atomic mass is 16.5. The van der Waals surface area contributed by atoms with Crippen LogP contribution in [0.4, 0.5) is 5.69 Å². The number of aliphatic hydroxyl groups excluding tert-OH is 1. The van der Waals surface area contributed by atoms with Gasteiger partial charge in [0.05, 0.1) is 31.5 Å². The fourth-order valence-corrected chi connectivity index (χ4v) is 2.91. The number of amides is 1. The molecular weight excluding hydrogens is 346 g/mol. The van der Waals surface area contributed by atoms with Gasteiger partial charge < -0.3 is 20.1 Å². The number of ether oxygens (including phenoxy) is 1. The van der Waals surface area contributed by atoms with Gasteiger partial charge in [-0.15, -0.1) is 0 Å². The predicted octanol–water partition coefficient (Wildman–Crippen LogP) is 1.73. The van der Waals surface area contributed by atoms with E-state index in [0.717, 1.165) is 16.8 Å². The number of carbonyl (C=O) groups is 2. The van der Waals surface area contributed by atoms with Gasteiger partial charge in [0.1, 0.15) is 5.70 Å². The number of carbonyl (C=O) groups excluding carboxylic acids is 2. The van der Waals surface area contributed by atoms with Crippen LogP contribution in [0.5, 0.6) is 0 Å². The largest absolute Gasteiger partial charge is 0.466 e. The molecule has 2 aromatic rings. The van der Waals surface area contributed by atoms with E-state index in [2.05, 4.69) is 10.3 Å². The van der Waals surface area contributed by atoms with Crippen LogP contribution in [0.15, 0.2) is 53.9 Å². The summed E-state index contributed by atoms with van der Waals surface area (Å²) in [5.74, 6) is -0.902. The molecule has 0 spiro atoms. The van der Waals surface area contributed by atoms with Crippen LogP contribution in [-0.2, 0) is 14.3 Å². The van der Waals surface area contributed by atoms with Crippen LogP contribution in [0.1, 0.15) is 5.56 Å². The number of aliphatic hydroxyl groups is 1. The topological polar surface area (TPSA) is 91.8 Å². The van der Waals surface area contributed by atoms with Crippen LogP contribution < -0.4 is 5.32 Å². The molecule has 0 saturated carbocycles. The Morgan fingerprint density at radius 1 is 1.30 bits per heavy atom. The molecule has 1 aromatic carbocycles. The summed E-state index contributed by atoms with van der Waals surface area (Å²) in [7, 11) is 1.27. The van der Waals surface area contributed by atoms with Crippen molar-refractivity contribution in [3.8, 4) is 11.3 Å². The lowest BCUT2D eigenvalue weighted by Gasteiger charge is -2.15. The number of hydrogen-bond acceptors (Lipinski definition) is 6. The van der Waals surface area contributed by atoms with E-state index in [9.17, 15) is 9.59 Å². The number of hydrogen-bond donors (Lipinski definition) is 2. The van der Waals surface area contributed by atoms with Gasteiger partial charge in [-0.1, -0.05) is 12.1 Å². The second-order valence-electron chi connectivity index (χ2n) is 6.22. The van der Waals surface area contributed by atoms with Crippen molar-refractivity contribution < 1.29 is 19.4 Å². The molecule has 2 N–H and O–H groups in total. The maximum absolute atomic E-state index is 12.5. The van der Waals surface area contributed by atoms with E-state index < -0.39 is 5.97 Å². The van der Waals surface area contributed by atoms with Crippen molar-refractivity contribution >= 4 is 17.6 Å². The standard InChI is InChI=1S/C20H21N3O4/c1-13-7-8-21-17(11-13)14-3-5-15(6-4-14)22-18-16(20(26)27-2)12-23(9-10-24)19(18)25/h3-8,11,22,24H,9-10,12H2,1-2H3. The Labute approximate surface area is 157 Å². The van der Waals surface area contributed by atoms with Gasteiger partial charge in [0, 0.05) is 24.0 Å². The van der Waals surface area contributed by atoms with Crippen LogP contribution in [-0.4, -0.2) is 53.7 Å². The molecular formula is C20H21N3O4. The van der Waals surface area contributed by atoms with E-state index in [0.29, 0.717) is 5.69 Å². The molecule has 0 radical (unpaired) electrons. The number of rotatable bonds is 6. The lowest BCUT2D eigenvalue weighted by atomic mass is 10.1. The molecule has 1 aliphatic rings. The highest BCUT2D eigenvalue weighted by Crippen LogP contribution is 2.25. The summed E-state index contributed by atoms with van der Waals surface area (Å²) >= 11 is 0. The Bertz CT molecular complexity index is 890. The first kappa shape index (κ1) is 18.6. The second-order valence-corrected chi connectivity index (χ2v) is 6.22. The third-order valence-electron chi connectivity index (χ3n) is 4.32. The lowest BCUT2D eigenvalue weighted by molar-refractivity contribution is -0.136. The van der Waals surface area contributed by atoms with Crippen LogP contribution in [0, 0.1) is 6.92 Å². The van der Waals surface area contributed by atoms with Gasteiger partial charge >= 0.3 is 5.97 Å². The van der Waals surface area contributed by atoms with Gasteiger partial charge in [0.25, 0.3) is 5.91 Å². The fourth-order valence-electron chi connectivity index (χ4n) is 2.91. The van der Waals surface area contributed by atoms with Crippen molar-refractivity contribution in [2.45, 2.75) is 6.92 Å². The Kier molecular flexibility index (Phi) is 5.52. The minimum Gasteiger partial charge on any atom is -0.466 e. The third kappa shape index (κ3) is 3.98. The summed E-state index contributed by atoms with van der Waals surface area (Å²) in [5.41, 5.74) is 4.03. The molecule has 27 heavy (non-hydrogen) atoms. The van der Waals surface area contributed by atoms with Gasteiger partial charge in [-0.2, -0.15) is 0 Å². The Balaban J connectivity index is 1.84. The minimum atomic E-state index is -0.563. The molecule has 0 bridgehead atoms. The number of aromatic nitrogens is 1. The number of pyridine rings is 1.